The van der Waals surface area contributed by atoms with Crippen molar-refractivity contribution in [3.8, 4) is 11.5 Å². The molecule has 2 aromatic rings. The first kappa shape index (κ1) is 23.6. The molecule has 3 atom stereocenters. The summed E-state index contributed by atoms with van der Waals surface area (Å²) in [7, 11) is -0.679. The maximum atomic E-state index is 13.6. The number of hydrogen-bond acceptors (Lipinski definition) is 6. The molecule has 186 valence electrons. The number of amides is 2. The smallest absolute Gasteiger partial charge is 0.246 e. The maximum absolute atomic E-state index is 13.6. The van der Waals surface area contributed by atoms with Crippen LogP contribution in [-0.2, 0) is 25.4 Å². The van der Waals surface area contributed by atoms with Crippen LogP contribution in [0.5, 0.6) is 11.5 Å². The Hall–Kier alpha value is -3.11. The third-order valence-electron chi connectivity index (χ3n) is 7.16. The number of carbonyl (C=O) groups excluding carboxylic acids is 2. The summed E-state index contributed by atoms with van der Waals surface area (Å²) in [5, 5.41) is 0. The molecule has 0 N–H and O–H groups in total. The van der Waals surface area contributed by atoms with Gasteiger partial charge < -0.3 is 19.3 Å². The highest BCUT2D eigenvalue weighted by molar-refractivity contribution is 7.88. The lowest BCUT2D eigenvalue weighted by Gasteiger charge is -2.55. The number of rotatable bonds is 6. The molecule has 2 bridgehead atoms. The topological polar surface area (TPSA) is 96.5 Å². The first-order valence-corrected chi connectivity index (χ1v) is 13.3. The number of methoxy groups -OCH3 is 2. The Bertz CT molecular complexity index is 1210. The van der Waals surface area contributed by atoms with Crippen molar-refractivity contribution >= 4 is 27.5 Å². The van der Waals surface area contributed by atoms with Crippen molar-refractivity contribution in [1.29, 1.82) is 0 Å². The Labute approximate surface area is 205 Å². The van der Waals surface area contributed by atoms with Gasteiger partial charge >= 0.3 is 0 Å². The normalized spacial score (nSPS) is 24.8. The number of nitrogens with zero attached hydrogens (tertiary/aromatic N) is 3. The third-order valence-corrected chi connectivity index (χ3v) is 9.03. The van der Waals surface area contributed by atoms with E-state index in [-0.39, 0.29) is 36.7 Å². The molecule has 0 aromatic heterocycles. The minimum atomic E-state index is -3.75. The van der Waals surface area contributed by atoms with Crippen molar-refractivity contribution < 1.29 is 27.5 Å². The SMILES string of the molecule is COc1cc(OC)cc(N2CC3C4CCCC(C(=O)N3CC2=O)N4S(=O)(=O)Cc2ccccc2)c1. The molecule has 5 rings (SSSR count). The largest absolute Gasteiger partial charge is 0.497 e. The second kappa shape index (κ2) is 9.16. The molecule has 0 aliphatic carbocycles. The molecule has 2 amide bonds. The van der Waals surface area contributed by atoms with Gasteiger partial charge in [0.15, 0.2) is 0 Å². The van der Waals surface area contributed by atoms with Crippen LogP contribution in [0.2, 0.25) is 0 Å². The second-order valence-electron chi connectivity index (χ2n) is 9.19. The van der Waals surface area contributed by atoms with E-state index in [0.717, 1.165) is 6.42 Å². The van der Waals surface area contributed by atoms with Gasteiger partial charge in [-0.3, -0.25) is 9.59 Å². The van der Waals surface area contributed by atoms with Crippen molar-refractivity contribution in [2.24, 2.45) is 0 Å². The zero-order valence-electron chi connectivity index (χ0n) is 19.8. The number of sulfonamides is 1. The molecule has 2 aromatic carbocycles. The molecular formula is C25H29N3O6S. The first-order valence-electron chi connectivity index (χ1n) is 11.7. The molecule has 3 aliphatic heterocycles. The fourth-order valence-electron chi connectivity index (χ4n) is 5.56. The molecule has 3 aliphatic rings. The summed E-state index contributed by atoms with van der Waals surface area (Å²) < 4.78 is 39.4. The summed E-state index contributed by atoms with van der Waals surface area (Å²) in [5.74, 6) is 0.428. The monoisotopic (exact) mass is 499 g/mol. The number of benzene rings is 2. The number of carbonyl (C=O) groups is 2. The predicted octanol–water partition coefficient (Wildman–Crippen LogP) is 2.01. The van der Waals surface area contributed by atoms with Gasteiger partial charge in [-0.1, -0.05) is 30.3 Å². The van der Waals surface area contributed by atoms with E-state index in [1.807, 2.05) is 18.2 Å². The van der Waals surface area contributed by atoms with Gasteiger partial charge in [0, 0.05) is 30.8 Å². The van der Waals surface area contributed by atoms with Gasteiger partial charge in [0.25, 0.3) is 0 Å². The molecular weight excluding hydrogens is 470 g/mol. The van der Waals surface area contributed by atoms with E-state index < -0.39 is 22.1 Å². The lowest BCUT2D eigenvalue weighted by atomic mass is 9.86. The number of piperazine rings is 2. The number of hydrogen-bond donors (Lipinski definition) is 0. The van der Waals surface area contributed by atoms with Crippen LogP contribution >= 0.6 is 0 Å². The number of piperidine rings is 1. The number of fused-ring (bicyclic) bond motifs is 4. The van der Waals surface area contributed by atoms with Crippen LogP contribution in [0.15, 0.2) is 48.5 Å². The van der Waals surface area contributed by atoms with E-state index in [9.17, 15) is 18.0 Å². The van der Waals surface area contributed by atoms with Crippen molar-refractivity contribution in [2.45, 2.75) is 43.1 Å². The molecule has 35 heavy (non-hydrogen) atoms. The minimum absolute atomic E-state index is 0.0808. The summed E-state index contributed by atoms with van der Waals surface area (Å²) in [6.45, 7) is 0.123. The second-order valence-corrected chi connectivity index (χ2v) is 11.1. The average Bonchev–Trinajstić information content (AvgIpc) is 2.87. The molecule has 3 heterocycles. The van der Waals surface area contributed by atoms with E-state index in [4.69, 9.17) is 9.47 Å². The molecule has 3 saturated heterocycles. The quantitative estimate of drug-likeness (QED) is 0.603. The van der Waals surface area contributed by atoms with Gasteiger partial charge in [0.1, 0.15) is 24.1 Å². The zero-order valence-corrected chi connectivity index (χ0v) is 20.6. The highest BCUT2D eigenvalue weighted by Crippen LogP contribution is 2.39. The molecule has 9 nitrogen and oxygen atoms in total. The van der Waals surface area contributed by atoms with Crippen molar-refractivity contribution in [3.05, 3.63) is 54.1 Å². The highest BCUT2D eigenvalue weighted by atomic mass is 32.2. The number of ether oxygens (including phenoxy) is 2. The van der Waals surface area contributed by atoms with Crippen LogP contribution in [-0.4, -0.2) is 74.9 Å². The number of anilines is 1. The Balaban J connectivity index is 1.48. The summed E-state index contributed by atoms with van der Waals surface area (Å²) in [4.78, 5) is 29.8. The summed E-state index contributed by atoms with van der Waals surface area (Å²) in [5.41, 5.74) is 1.28. The fraction of sp³-hybridized carbons (Fsp3) is 0.440. The van der Waals surface area contributed by atoms with Crippen molar-refractivity contribution in [3.63, 3.8) is 0 Å². The maximum Gasteiger partial charge on any atom is 0.246 e. The summed E-state index contributed by atoms with van der Waals surface area (Å²) in [6, 6.07) is 12.7. The van der Waals surface area contributed by atoms with Crippen molar-refractivity contribution in [2.75, 3.05) is 32.2 Å². The van der Waals surface area contributed by atoms with E-state index in [2.05, 4.69) is 0 Å². The highest BCUT2D eigenvalue weighted by Gasteiger charge is 2.55. The van der Waals surface area contributed by atoms with Gasteiger partial charge in [0.05, 0.1) is 31.7 Å². The van der Waals surface area contributed by atoms with Crippen LogP contribution in [0.25, 0.3) is 0 Å². The average molecular weight is 500 g/mol. The van der Waals surface area contributed by atoms with Gasteiger partial charge in [-0.05, 0) is 24.8 Å². The van der Waals surface area contributed by atoms with E-state index >= 15 is 0 Å². The zero-order chi connectivity index (χ0) is 24.7. The van der Waals surface area contributed by atoms with Crippen LogP contribution in [0.3, 0.4) is 0 Å². The Kier molecular flexibility index (Phi) is 6.18. The van der Waals surface area contributed by atoms with Crippen LogP contribution < -0.4 is 14.4 Å². The molecule has 3 unspecified atom stereocenters. The summed E-state index contributed by atoms with van der Waals surface area (Å²) >= 11 is 0. The van der Waals surface area contributed by atoms with Gasteiger partial charge in [0.2, 0.25) is 21.8 Å². The van der Waals surface area contributed by atoms with Crippen LogP contribution in [0.4, 0.5) is 5.69 Å². The Morgan fingerprint density at radius 2 is 1.63 bits per heavy atom. The van der Waals surface area contributed by atoms with Gasteiger partial charge in [-0.15, -0.1) is 0 Å². The first-order chi connectivity index (χ1) is 16.8. The van der Waals surface area contributed by atoms with Gasteiger partial charge in [-0.25, -0.2) is 8.42 Å². The van der Waals surface area contributed by atoms with E-state index in [0.29, 0.717) is 35.6 Å². The van der Waals surface area contributed by atoms with Crippen LogP contribution in [0.1, 0.15) is 24.8 Å². The van der Waals surface area contributed by atoms with Crippen LogP contribution in [0, 0.1) is 0 Å². The Morgan fingerprint density at radius 3 is 2.29 bits per heavy atom. The molecule has 0 spiro atoms. The molecule has 0 radical (unpaired) electrons. The van der Waals surface area contributed by atoms with Crippen molar-refractivity contribution in [1.82, 2.24) is 9.21 Å². The lowest BCUT2D eigenvalue weighted by molar-refractivity contribution is -0.153. The van der Waals surface area contributed by atoms with E-state index in [1.54, 1.807) is 40.1 Å². The fourth-order valence-corrected chi connectivity index (χ4v) is 7.56. The predicted molar refractivity (Wildman–Crippen MR) is 130 cm³/mol. The molecule has 0 saturated carbocycles. The third kappa shape index (κ3) is 4.25. The molecule has 3 fully saturated rings. The lowest BCUT2D eigenvalue weighted by Crippen LogP contribution is -2.74. The molecule has 10 heteroatoms. The van der Waals surface area contributed by atoms with E-state index in [1.165, 1.54) is 18.5 Å². The Morgan fingerprint density at radius 1 is 0.943 bits per heavy atom. The minimum Gasteiger partial charge on any atom is -0.497 e. The standard InChI is InChI=1S/C25H29N3O6S/c1-33-19-11-18(12-20(13-19)34-2)26-14-23-21-9-6-10-22(25(30)27(23)15-24(26)29)28(21)35(31,32)16-17-7-4-3-5-8-17/h3-5,7-8,11-13,21-23H,6,9-10,14-16H2,1-2H3. The summed E-state index contributed by atoms with van der Waals surface area (Å²) in [6.07, 6.45) is 1.88. The van der Waals surface area contributed by atoms with Gasteiger partial charge in [-0.2, -0.15) is 4.31 Å².